The van der Waals surface area contributed by atoms with E-state index in [0.717, 1.165) is 14.0 Å². The van der Waals surface area contributed by atoms with Crippen molar-refractivity contribution >= 4 is 43.2 Å². The molecule has 0 bridgehead atoms. The van der Waals surface area contributed by atoms with E-state index in [9.17, 15) is 0 Å². The Kier molecular flexibility index (Phi) is 4.95. The van der Waals surface area contributed by atoms with Gasteiger partial charge in [-0.15, -0.1) is 11.3 Å². The second kappa shape index (κ2) is 6.28. The molecule has 2 atom stereocenters. The van der Waals surface area contributed by atoms with Crippen molar-refractivity contribution in [3.8, 4) is 0 Å². The third kappa shape index (κ3) is 3.41. The topological polar surface area (TPSA) is 24.9 Å². The van der Waals surface area contributed by atoms with E-state index in [-0.39, 0.29) is 12.1 Å². The molecule has 0 saturated carbocycles. The molecule has 18 heavy (non-hydrogen) atoms. The van der Waals surface area contributed by atoms with Gasteiger partial charge in [-0.3, -0.25) is 0 Å². The van der Waals surface area contributed by atoms with E-state index in [0.29, 0.717) is 0 Å². The van der Waals surface area contributed by atoms with Crippen LogP contribution < -0.4 is 5.32 Å². The van der Waals surface area contributed by atoms with Crippen LogP contribution in [0.4, 0.5) is 0 Å². The van der Waals surface area contributed by atoms with Crippen molar-refractivity contribution in [1.29, 1.82) is 0 Å². The molecule has 0 amide bonds. The van der Waals surface area contributed by atoms with Gasteiger partial charge in [-0.25, -0.2) is 4.98 Å². The minimum Gasteiger partial charge on any atom is -0.301 e. The van der Waals surface area contributed by atoms with E-state index in [2.05, 4.69) is 74.2 Å². The first-order chi connectivity index (χ1) is 8.58. The van der Waals surface area contributed by atoms with Crippen LogP contribution in [0.25, 0.3) is 0 Å². The Morgan fingerprint density at radius 2 is 2.00 bits per heavy atom. The zero-order valence-electron chi connectivity index (χ0n) is 10.2. The molecule has 2 unspecified atom stereocenters. The van der Waals surface area contributed by atoms with E-state index in [1.807, 2.05) is 11.6 Å². The van der Waals surface area contributed by atoms with Crippen LogP contribution in [0.2, 0.25) is 0 Å². The quantitative estimate of drug-likeness (QED) is 0.788. The molecule has 0 radical (unpaired) electrons. The maximum atomic E-state index is 4.34. The van der Waals surface area contributed by atoms with Crippen molar-refractivity contribution in [2.75, 3.05) is 0 Å². The predicted octanol–water partition coefficient (Wildman–Crippen LogP) is 5.08. The van der Waals surface area contributed by atoms with Gasteiger partial charge >= 0.3 is 0 Å². The van der Waals surface area contributed by atoms with Crippen LogP contribution in [0.15, 0.2) is 38.7 Å². The Hall–Kier alpha value is -0.230. The standard InChI is InChI=1S/C13H14Br2N2S/c1-8(11-4-3-10(14)7-12(11)15)17-9(2)13-16-5-6-18-13/h3-9,17H,1-2H3. The van der Waals surface area contributed by atoms with Gasteiger partial charge in [0.05, 0.1) is 6.04 Å². The highest BCUT2D eigenvalue weighted by molar-refractivity contribution is 9.11. The van der Waals surface area contributed by atoms with Crippen molar-refractivity contribution in [2.24, 2.45) is 0 Å². The SMILES string of the molecule is CC(NC(C)c1ccc(Br)cc1Br)c1nccs1. The summed E-state index contributed by atoms with van der Waals surface area (Å²) in [6.45, 7) is 4.31. The molecule has 2 rings (SSSR count). The van der Waals surface area contributed by atoms with Gasteiger partial charge in [0, 0.05) is 26.6 Å². The first kappa shape index (κ1) is 14.2. The van der Waals surface area contributed by atoms with Gasteiger partial charge in [0.25, 0.3) is 0 Å². The van der Waals surface area contributed by atoms with E-state index in [4.69, 9.17) is 0 Å². The Bertz CT molecular complexity index is 514. The van der Waals surface area contributed by atoms with Crippen molar-refractivity contribution in [3.05, 3.63) is 49.3 Å². The Labute approximate surface area is 128 Å². The average molecular weight is 390 g/mol. The van der Waals surface area contributed by atoms with Crippen LogP contribution in [0.1, 0.15) is 36.5 Å². The summed E-state index contributed by atoms with van der Waals surface area (Å²) < 4.78 is 2.20. The van der Waals surface area contributed by atoms with Crippen LogP contribution in [-0.2, 0) is 0 Å². The Morgan fingerprint density at radius 3 is 2.61 bits per heavy atom. The number of rotatable bonds is 4. The number of benzene rings is 1. The summed E-state index contributed by atoms with van der Waals surface area (Å²) in [5.74, 6) is 0. The fourth-order valence-corrected chi connectivity index (χ4v) is 3.88. The lowest BCUT2D eigenvalue weighted by molar-refractivity contribution is 0.492. The van der Waals surface area contributed by atoms with Crippen LogP contribution in [-0.4, -0.2) is 4.98 Å². The number of hydrogen-bond donors (Lipinski definition) is 1. The molecule has 0 saturated heterocycles. The van der Waals surface area contributed by atoms with E-state index >= 15 is 0 Å². The molecular formula is C13H14Br2N2S. The van der Waals surface area contributed by atoms with E-state index in [1.54, 1.807) is 11.3 Å². The molecule has 2 nitrogen and oxygen atoms in total. The summed E-state index contributed by atoms with van der Waals surface area (Å²) in [6.07, 6.45) is 1.85. The molecule has 1 N–H and O–H groups in total. The van der Waals surface area contributed by atoms with Gasteiger partial charge in [-0.1, -0.05) is 37.9 Å². The fraction of sp³-hybridized carbons (Fsp3) is 0.308. The molecule has 1 aromatic heterocycles. The minimum absolute atomic E-state index is 0.260. The predicted molar refractivity (Wildman–Crippen MR) is 83.9 cm³/mol. The molecular weight excluding hydrogens is 376 g/mol. The largest absolute Gasteiger partial charge is 0.301 e. The van der Waals surface area contributed by atoms with Crippen molar-refractivity contribution in [3.63, 3.8) is 0 Å². The number of aromatic nitrogens is 1. The first-order valence-electron chi connectivity index (χ1n) is 5.68. The molecule has 1 aromatic carbocycles. The summed E-state index contributed by atoms with van der Waals surface area (Å²) in [7, 11) is 0. The summed E-state index contributed by atoms with van der Waals surface area (Å²) >= 11 is 8.75. The van der Waals surface area contributed by atoms with Gasteiger partial charge < -0.3 is 5.32 Å². The number of nitrogens with zero attached hydrogens (tertiary/aromatic N) is 1. The van der Waals surface area contributed by atoms with E-state index < -0.39 is 0 Å². The highest BCUT2D eigenvalue weighted by Crippen LogP contribution is 2.28. The molecule has 0 fully saturated rings. The Balaban J connectivity index is 2.10. The zero-order chi connectivity index (χ0) is 13.1. The summed E-state index contributed by atoms with van der Waals surface area (Å²) in [4.78, 5) is 4.34. The average Bonchev–Trinajstić information content (AvgIpc) is 2.81. The molecule has 5 heteroatoms. The van der Waals surface area contributed by atoms with Crippen LogP contribution in [0.5, 0.6) is 0 Å². The third-order valence-electron chi connectivity index (χ3n) is 2.75. The number of nitrogens with one attached hydrogen (secondary N) is 1. The molecule has 0 aliphatic rings. The molecule has 0 aliphatic heterocycles. The van der Waals surface area contributed by atoms with Crippen molar-refractivity contribution < 1.29 is 0 Å². The first-order valence-corrected chi connectivity index (χ1v) is 8.15. The van der Waals surface area contributed by atoms with Crippen molar-refractivity contribution in [1.82, 2.24) is 10.3 Å². The highest BCUT2D eigenvalue weighted by atomic mass is 79.9. The minimum atomic E-state index is 0.260. The third-order valence-corrected chi connectivity index (χ3v) is 4.89. The molecule has 0 aliphatic carbocycles. The smallest absolute Gasteiger partial charge is 0.109 e. The number of halogens is 2. The van der Waals surface area contributed by atoms with Crippen molar-refractivity contribution in [2.45, 2.75) is 25.9 Å². The van der Waals surface area contributed by atoms with E-state index in [1.165, 1.54) is 5.56 Å². The lowest BCUT2D eigenvalue weighted by atomic mass is 10.1. The van der Waals surface area contributed by atoms with Crippen LogP contribution >= 0.6 is 43.2 Å². The van der Waals surface area contributed by atoms with Gasteiger partial charge in [0.2, 0.25) is 0 Å². The van der Waals surface area contributed by atoms with Gasteiger partial charge in [0.1, 0.15) is 5.01 Å². The molecule has 96 valence electrons. The monoisotopic (exact) mass is 388 g/mol. The lowest BCUT2D eigenvalue weighted by Crippen LogP contribution is -2.22. The van der Waals surface area contributed by atoms with Gasteiger partial charge in [-0.2, -0.15) is 0 Å². The van der Waals surface area contributed by atoms with Crippen LogP contribution in [0, 0.1) is 0 Å². The fourth-order valence-electron chi connectivity index (χ4n) is 1.84. The summed E-state index contributed by atoms with van der Waals surface area (Å²) in [5, 5.41) is 6.69. The van der Waals surface area contributed by atoms with Gasteiger partial charge in [0.15, 0.2) is 0 Å². The second-order valence-electron chi connectivity index (χ2n) is 4.15. The number of hydrogen-bond acceptors (Lipinski definition) is 3. The lowest BCUT2D eigenvalue weighted by Gasteiger charge is -2.20. The van der Waals surface area contributed by atoms with Gasteiger partial charge in [-0.05, 0) is 31.5 Å². The second-order valence-corrected chi connectivity index (χ2v) is 6.84. The molecule has 1 heterocycles. The Morgan fingerprint density at radius 1 is 1.22 bits per heavy atom. The maximum absolute atomic E-state index is 4.34. The highest BCUT2D eigenvalue weighted by Gasteiger charge is 2.14. The number of thiazole rings is 1. The normalized spacial score (nSPS) is 14.4. The summed E-state index contributed by atoms with van der Waals surface area (Å²) in [6, 6.07) is 6.79. The zero-order valence-corrected chi connectivity index (χ0v) is 14.1. The maximum Gasteiger partial charge on any atom is 0.109 e. The summed E-state index contributed by atoms with van der Waals surface area (Å²) in [5.41, 5.74) is 1.25. The molecule has 2 aromatic rings. The van der Waals surface area contributed by atoms with Crippen LogP contribution in [0.3, 0.4) is 0 Å². The molecule has 0 spiro atoms.